The predicted molar refractivity (Wildman–Crippen MR) is 39.5 cm³/mol. The van der Waals surface area contributed by atoms with Gasteiger partial charge in [-0.25, -0.2) is 0 Å². The zero-order valence-electron chi connectivity index (χ0n) is 6.14. The van der Waals surface area contributed by atoms with Gasteiger partial charge in [-0.2, -0.15) is 0 Å². The molecule has 2 heteroatoms. The number of nitrogens with one attached hydrogen (secondary N) is 1. The molecular weight excluding hydrogens is 126 g/mol. The molecule has 2 rings (SSSR count). The van der Waals surface area contributed by atoms with E-state index in [9.17, 15) is 0 Å². The maximum absolute atomic E-state index is 9.09. The van der Waals surface area contributed by atoms with Crippen molar-refractivity contribution in [2.24, 2.45) is 5.41 Å². The molecule has 1 aliphatic heterocycles. The summed E-state index contributed by atoms with van der Waals surface area (Å²) in [7, 11) is 0. The highest BCUT2D eigenvalue weighted by Crippen LogP contribution is 2.46. The van der Waals surface area contributed by atoms with E-state index in [-0.39, 0.29) is 6.10 Å². The average molecular weight is 140 g/mol. The smallest absolute Gasteiger partial charge is 0.0583 e. The lowest BCUT2D eigenvalue weighted by atomic mass is 9.62. The monoisotopic (exact) mass is 140 g/mol. The third kappa shape index (κ3) is 0.956. The molecule has 1 saturated heterocycles. The van der Waals surface area contributed by atoms with Crippen LogP contribution in [-0.4, -0.2) is 24.3 Å². The van der Waals surface area contributed by atoms with Crippen molar-refractivity contribution >= 4 is 0 Å². The molecule has 2 fully saturated rings. The molecule has 1 heterocycles. The van der Waals surface area contributed by atoms with E-state index in [1.54, 1.807) is 0 Å². The highest BCUT2D eigenvalue weighted by Gasteiger charge is 2.43. The normalized spacial score (nSPS) is 32.1. The van der Waals surface area contributed by atoms with Crippen molar-refractivity contribution in [1.29, 1.82) is 0 Å². The maximum Gasteiger partial charge on any atom is 0.0583 e. The molecule has 2 nitrogen and oxygen atoms in total. The van der Waals surface area contributed by atoms with Crippen molar-refractivity contribution in [1.82, 2.24) is 5.32 Å². The lowest BCUT2D eigenvalue weighted by Crippen LogP contribution is -2.48. The van der Waals surface area contributed by atoms with Crippen molar-refractivity contribution in [2.45, 2.75) is 25.4 Å². The van der Waals surface area contributed by atoms with Gasteiger partial charge in [-0.3, -0.25) is 0 Å². The van der Waals surface area contributed by atoms with Crippen molar-refractivity contribution < 1.29 is 5.11 Å². The fraction of sp³-hybridized carbons (Fsp3) is 0.875. The van der Waals surface area contributed by atoms with E-state index >= 15 is 0 Å². The number of rotatable bonds is 0. The Bertz CT molecular complexity index is 114. The van der Waals surface area contributed by atoms with Gasteiger partial charge in [-0.1, -0.05) is 0 Å². The van der Waals surface area contributed by atoms with Crippen molar-refractivity contribution in [3.05, 3.63) is 6.42 Å². The largest absolute Gasteiger partial charge is 0.393 e. The van der Waals surface area contributed by atoms with Crippen LogP contribution in [0.4, 0.5) is 0 Å². The molecule has 0 bridgehead atoms. The number of hydrogen-bond donors (Lipinski definition) is 2. The van der Waals surface area contributed by atoms with E-state index in [1.165, 1.54) is 12.8 Å². The van der Waals surface area contributed by atoms with Crippen LogP contribution >= 0.6 is 0 Å². The summed E-state index contributed by atoms with van der Waals surface area (Å²) in [5, 5.41) is 12.4. The second-order valence-corrected chi connectivity index (χ2v) is 3.55. The van der Waals surface area contributed by atoms with Crippen LogP contribution < -0.4 is 5.32 Å². The SMILES string of the molecule is OC1[CH]C2(CCNCC2)C1. The Hall–Kier alpha value is -0.0800. The fourth-order valence-corrected chi connectivity index (χ4v) is 2.09. The molecule has 0 aromatic heterocycles. The Morgan fingerprint density at radius 2 is 2.00 bits per heavy atom. The van der Waals surface area contributed by atoms with E-state index in [1.807, 2.05) is 0 Å². The van der Waals surface area contributed by atoms with Gasteiger partial charge in [0.2, 0.25) is 0 Å². The predicted octanol–water partition coefficient (Wildman–Crippen LogP) is 0.325. The van der Waals surface area contributed by atoms with Gasteiger partial charge in [0.25, 0.3) is 0 Å². The van der Waals surface area contributed by atoms with E-state index < -0.39 is 0 Å². The summed E-state index contributed by atoms with van der Waals surface area (Å²) in [4.78, 5) is 0. The van der Waals surface area contributed by atoms with Gasteiger partial charge < -0.3 is 10.4 Å². The van der Waals surface area contributed by atoms with Crippen LogP contribution in [0, 0.1) is 11.8 Å². The third-order valence-corrected chi connectivity index (χ3v) is 2.76. The molecular formula is C8H14NO. The maximum atomic E-state index is 9.09. The molecule has 2 N–H and O–H groups in total. The van der Waals surface area contributed by atoms with E-state index in [0.29, 0.717) is 5.41 Å². The first kappa shape index (κ1) is 6.62. The summed E-state index contributed by atoms with van der Waals surface area (Å²) >= 11 is 0. The Kier molecular flexibility index (Phi) is 1.46. The standard InChI is InChI=1S/C8H14NO/c10-7-5-8(6-7)1-3-9-4-2-8/h5,7,9-10H,1-4,6H2. The summed E-state index contributed by atoms with van der Waals surface area (Å²) in [6, 6.07) is 0. The van der Waals surface area contributed by atoms with Crippen molar-refractivity contribution in [2.75, 3.05) is 13.1 Å². The van der Waals surface area contributed by atoms with Crippen molar-refractivity contribution in [3.63, 3.8) is 0 Å². The van der Waals surface area contributed by atoms with Gasteiger partial charge in [-0.05, 0) is 44.2 Å². The minimum absolute atomic E-state index is 0.0990. The second kappa shape index (κ2) is 2.21. The minimum atomic E-state index is -0.0990. The zero-order valence-corrected chi connectivity index (χ0v) is 6.14. The lowest BCUT2D eigenvalue weighted by Gasteiger charge is -2.47. The number of hydrogen-bond acceptors (Lipinski definition) is 2. The molecule has 57 valence electrons. The van der Waals surface area contributed by atoms with Crippen molar-refractivity contribution in [3.8, 4) is 0 Å². The Balaban J connectivity index is 1.90. The Labute approximate surface area is 61.6 Å². The van der Waals surface area contributed by atoms with Gasteiger partial charge in [0.05, 0.1) is 6.10 Å². The summed E-state index contributed by atoms with van der Waals surface area (Å²) in [6.07, 6.45) is 5.48. The fourth-order valence-electron chi connectivity index (χ4n) is 2.09. The molecule has 1 saturated carbocycles. The molecule has 0 aromatic rings. The second-order valence-electron chi connectivity index (χ2n) is 3.55. The van der Waals surface area contributed by atoms with Crippen LogP contribution in [0.5, 0.6) is 0 Å². The number of aliphatic hydroxyl groups excluding tert-OH is 1. The quantitative estimate of drug-likeness (QED) is 0.508. The van der Waals surface area contributed by atoms with E-state index in [2.05, 4.69) is 11.7 Å². The topological polar surface area (TPSA) is 32.3 Å². The summed E-state index contributed by atoms with van der Waals surface area (Å²) in [5.41, 5.74) is 0.435. The minimum Gasteiger partial charge on any atom is -0.393 e. The molecule has 1 spiro atoms. The first-order valence-corrected chi connectivity index (χ1v) is 4.06. The van der Waals surface area contributed by atoms with Crippen LogP contribution in [0.25, 0.3) is 0 Å². The molecule has 1 radical (unpaired) electrons. The molecule has 2 aliphatic rings. The Morgan fingerprint density at radius 3 is 2.50 bits per heavy atom. The average Bonchev–Trinajstić information content (AvgIpc) is 1.87. The van der Waals surface area contributed by atoms with Gasteiger partial charge in [0.1, 0.15) is 0 Å². The Morgan fingerprint density at radius 1 is 1.40 bits per heavy atom. The summed E-state index contributed by atoms with van der Waals surface area (Å²) < 4.78 is 0. The molecule has 0 amide bonds. The van der Waals surface area contributed by atoms with Crippen LogP contribution in [0.2, 0.25) is 0 Å². The van der Waals surface area contributed by atoms with Gasteiger partial charge in [-0.15, -0.1) is 0 Å². The van der Waals surface area contributed by atoms with Crippen LogP contribution in [0.15, 0.2) is 0 Å². The lowest BCUT2D eigenvalue weighted by molar-refractivity contribution is 0.0192. The van der Waals surface area contributed by atoms with Crippen LogP contribution in [0.3, 0.4) is 0 Å². The number of aliphatic hydroxyl groups is 1. The van der Waals surface area contributed by atoms with E-state index in [4.69, 9.17) is 5.11 Å². The highest BCUT2D eigenvalue weighted by molar-refractivity contribution is 5.09. The van der Waals surface area contributed by atoms with Gasteiger partial charge in [0, 0.05) is 0 Å². The first-order valence-electron chi connectivity index (χ1n) is 4.06. The highest BCUT2D eigenvalue weighted by atomic mass is 16.3. The van der Waals surface area contributed by atoms with Gasteiger partial charge in [0.15, 0.2) is 0 Å². The molecule has 1 unspecified atom stereocenters. The van der Waals surface area contributed by atoms with Gasteiger partial charge >= 0.3 is 0 Å². The van der Waals surface area contributed by atoms with E-state index in [0.717, 1.165) is 19.5 Å². The first-order chi connectivity index (χ1) is 4.81. The molecule has 10 heavy (non-hydrogen) atoms. The van der Waals surface area contributed by atoms with Crippen LogP contribution in [0.1, 0.15) is 19.3 Å². The zero-order chi connectivity index (χ0) is 7.03. The summed E-state index contributed by atoms with van der Waals surface area (Å²) in [6.45, 7) is 2.26. The number of piperidine rings is 1. The molecule has 0 aromatic carbocycles. The molecule has 1 aliphatic carbocycles. The van der Waals surface area contributed by atoms with Crippen LogP contribution in [-0.2, 0) is 0 Å². The molecule has 1 atom stereocenters. The summed E-state index contributed by atoms with van der Waals surface area (Å²) in [5.74, 6) is 0. The third-order valence-electron chi connectivity index (χ3n) is 2.76.